The molecule has 1 aliphatic heterocycles. The molecule has 116 valence electrons. The van der Waals surface area contributed by atoms with E-state index >= 15 is 0 Å². The van der Waals surface area contributed by atoms with Gasteiger partial charge in [-0.1, -0.05) is 30.3 Å². The summed E-state index contributed by atoms with van der Waals surface area (Å²) >= 11 is 0. The van der Waals surface area contributed by atoms with Crippen molar-refractivity contribution in [3.8, 4) is 0 Å². The molecular weight excluding hydrogens is 266 g/mol. The van der Waals surface area contributed by atoms with E-state index in [1.807, 2.05) is 18.0 Å². The zero-order valence-electron chi connectivity index (χ0n) is 13.1. The molecule has 1 aliphatic rings. The minimum atomic E-state index is 0.0259. The van der Waals surface area contributed by atoms with Crippen LogP contribution in [0.1, 0.15) is 11.6 Å². The van der Waals surface area contributed by atoms with E-state index in [-0.39, 0.29) is 18.1 Å². The summed E-state index contributed by atoms with van der Waals surface area (Å²) in [5.41, 5.74) is 1.26. The average molecular weight is 291 g/mol. The molecule has 0 unspecified atom stereocenters. The van der Waals surface area contributed by atoms with E-state index in [1.165, 1.54) is 5.56 Å². The molecule has 1 fully saturated rings. The Hall–Kier alpha value is -1.43. The molecule has 0 saturated carbocycles. The van der Waals surface area contributed by atoms with Crippen molar-refractivity contribution in [1.29, 1.82) is 0 Å². The highest BCUT2D eigenvalue weighted by Crippen LogP contribution is 2.28. The van der Waals surface area contributed by atoms with Gasteiger partial charge in [-0.25, -0.2) is 0 Å². The second-order valence-corrected chi connectivity index (χ2v) is 5.62. The van der Waals surface area contributed by atoms with E-state index in [0.29, 0.717) is 6.54 Å². The number of nitrogens with zero attached hydrogens (tertiary/aromatic N) is 2. The molecule has 0 aliphatic carbocycles. The van der Waals surface area contributed by atoms with Gasteiger partial charge in [0.2, 0.25) is 5.91 Å². The highest BCUT2D eigenvalue weighted by atomic mass is 16.5. The van der Waals surface area contributed by atoms with Gasteiger partial charge in [0, 0.05) is 20.1 Å². The van der Waals surface area contributed by atoms with E-state index in [2.05, 4.69) is 41.5 Å². The van der Waals surface area contributed by atoms with Crippen LogP contribution in [0.5, 0.6) is 0 Å². The summed E-state index contributed by atoms with van der Waals surface area (Å²) in [7, 11) is 5.75. The first kappa shape index (κ1) is 15.9. The summed E-state index contributed by atoms with van der Waals surface area (Å²) in [6.07, 6.45) is 0.0702. The highest BCUT2D eigenvalue weighted by Gasteiger charge is 2.32. The van der Waals surface area contributed by atoms with Gasteiger partial charge in [-0.3, -0.25) is 14.6 Å². The number of carbonyl (C=O) groups excluding carboxylic acids is 1. The number of nitrogens with one attached hydrogen (secondary N) is 1. The van der Waals surface area contributed by atoms with Crippen LogP contribution in [0.3, 0.4) is 0 Å². The van der Waals surface area contributed by atoms with Crippen molar-refractivity contribution in [1.82, 2.24) is 15.1 Å². The quantitative estimate of drug-likeness (QED) is 0.869. The largest absolute Gasteiger partial charge is 0.374 e. The van der Waals surface area contributed by atoms with Crippen LogP contribution in [0, 0.1) is 0 Å². The van der Waals surface area contributed by atoms with E-state index in [0.717, 1.165) is 19.7 Å². The second-order valence-electron chi connectivity index (χ2n) is 5.62. The van der Waals surface area contributed by atoms with Crippen molar-refractivity contribution in [2.45, 2.75) is 12.1 Å². The fraction of sp³-hybridized carbons (Fsp3) is 0.562. The summed E-state index contributed by atoms with van der Waals surface area (Å²) in [6, 6.07) is 10.7. The Balaban J connectivity index is 2.06. The summed E-state index contributed by atoms with van der Waals surface area (Å²) in [4.78, 5) is 15.8. The van der Waals surface area contributed by atoms with Crippen molar-refractivity contribution in [3.63, 3.8) is 0 Å². The average Bonchev–Trinajstić information content (AvgIpc) is 2.48. The van der Waals surface area contributed by atoms with Crippen LogP contribution >= 0.6 is 0 Å². The highest BCUT2D eigenvalue weighted by molar-refractivity contribution is 5.77. The third-order valence-electron chi connectivity index (χ3n) is 3.93. The number of ether oxygens (including phenoxy) is 1. The number of likely N-dealkylation sites (N-methyl/N-ethyl adjacent to an activating group) is 3. The van der Waals surface area contributed by atoms with Crippen LogP contribution in [0.2, 0.25) is 0 Å². The first-order chi connectivity index (χ1) is 10.1. The Bertz CT molecular complexity index is 452. The molecule has 1 saturated heterocycles. The van der Waals surface area contributed by atoms with Crippen LogP contribution < -0.4 is 5.32 Å². The lowest BCUT2D eigenvalue weighted by atomic mass is 9.98. The molecule has 1 aromatic carbocycles. The zero-order chi connectivity index (χ0) is 15.2. The molecule has 0 spiro atoms. The Morgan fingerprint density at radius 2 is 2.14 bits per heavy atom. The van der Waals surface area contributed by atoms with Gasteiger partial charge in [0.15, 0.2) is 0 Å². The maximum Gasteiger partial charge on any atom is 0.233 e. The molecule has 1 amide bonds. The van der Waals surface area contributed by atoms with E-state index in [9.17, 15) is 4.79 Å². The molecule has 1 aromatic rings. The Morgan fingerprint density at radius 3 is 2.81 bits per heavy atom. The zero-order valence-corrected chi connectivity index (χ0v) is 13.1. The molecule has 2 rings (SSSR count). The van der Waals surface area contributed by atoms with Crippen molar-refractivity contribution in [2.75, 3.05) is 47.4 Å². The molecule has 1 N–H and O–H groups in total. The topological polar surface area (TPSA) is 44.8 Å². The third kappa shape index (κ3) is 4.27. The smallest absolute Gasteiger partial charge is 0.233 e. The van der Waals surface area contributed by atoms with Crippen LogP contribution in [0.25, 0.3) is 0 Å². The van der Waals surface area contributed by atoms with Crippen molar-refractivity contribution < 1.29 is 9.53 Å². The first-order valence-corrected chi connectivity index (χ1v) is 7.37. The molecule has 0 aromatic heterocycles. The maximum absolute atomic E-state index is 11.5. The van der Waals surface area contributed by atoms with Gasteiger partial charge in [-0.05, 0) is 19.7 Å². The Labute approximate surface area is 126 Å². The monoisotopic (exact) mass is 291 g/mol. The third-order valence-corrected chi connectivity index (χ3v) is 3.93. The molecule has 2 atom stereocenters. The SMILES string of the molecule is CNC(=O)CN(C)C[C@@H]1OCCN(C)[C@H]1c1ccccc1. The van der Waals surface area contributed by atoms with E-state index < -0.39 is 0 Å². The maximum atomic E-state index is 11.5. The van der Waals surface area contributed by atoms with E-state index in [1.54, 1.807) is 7.05 Å². The van der Waals surface area contributed by atoms with Gasteiger partial charge in [0.25, 0.3) is 0 Å². The van der Waals surface area contributed by atoms with Gasteiger partial charge in [0.05, 0.1) is 25.3 Å². The number of morpholine rings is 1. The van der Waals surface area contributed by atoms with E-state index in [4.69, 9.17) is 4.74 Å². The lowest BCUT2D eigenvalue weighted by Gasteiger charge is -2.40. The first-order valence-electron chi connectivity index (χ1n) is 7.37. The number of carbonyl (C=O) groups is 1. The summed E-state index contributed by atoms with van der Waals surface area (Å²) < 4.78 is 5.99. The van der Waals surface area contributed by atoms with Crippen LogP contribution in [0.4, 0.5) is 0 Å². The molecule has 0 radical (unpaired) electrons. The van der Waals surface area contributed by atoms with Crippen molar-refractivity contribution in [2.24, 2.45) is 0 Å². The van der Waals surface area contributed by atoms with Crippen molar-refractivity contribution in [3.05, 3.63) is 35.9 Å². The summed E-state index contributed by atoms with van der Waals surface area (Å²) in [6.45, 7) is 2.78. The fourth-order valence-electron chi connectivity index (χ4n) is 2.83. The molecule has 5 heteroatoms. The lowest BCUT2D eigenvalue weighted by molar-refractivity contribution is -0.122. The molecule has 5 nitrogen and oxygen atoms in total. The summed E-state index contributed by atoms with van der Waals surface area (Å²) in [5.74, 6) is 0.0259. The molecule has 21 heavy (non-hydrogen) atoms. The molecule has 1 heterocycles. The van der Waals surface area contributed by atoms with Gasteiger partial charge < -0.3 is 10.1 Å². The lowest BCUT2D eigenvalue weighted by Crippen LogP contribution is -2.48. The van der Waals surface area contributed by atoms with Crippen LogP contribution in [-0.2, 0) is 9.53 Å². The number of benzene rings is 1. The minimum Gasteiger partial charge on any atom is -0.374 e. The predicted molar refractivity (Wildman–Crippen MR) is 83.1 cm³/mol. The second kappa shape index (κ2) is 7.54. The van der Waals surface area contributed by atoms with Crippen LogP contribution in [0.15, 0.2) is 30.3 Å². The predicted octanol–water partition coefficient (Wildman–Crippen LogP) is 0.736. The Kier molecular flexibility index (Phi) is 5.73. The molecule has 0 bridgehead atoms. The number of hydrogen-bond acceptors (Lipinski definition) is 4. The van der Waals surface area contributed by atoms with Gasteiger partial charge in [-0.2, -0.15) is 0 Å². The summed E-state index contributed by atoms with van der Waals surface area (Å²) in [5, 5.41) is 2.65. The normalized spacial score (nSPS) is 23.2. The van der Waals surface area contributed by atoms with Gasteiger partial charge in [-0.15, -0.1) is 0 Å². The fourth-order valence-corrected chi connectivity index (χ4v) is 2.83. The number of rotatable bonds is 5. The standard InChI is InChI=1S/C16H25N3O2/c1-17-15(20)12-18(2)11-14-16(19(3)9-10-21-14)13-7-5-4-6-8-13/h4-8,14,16H,9-12H2,1-3H3,(H,17,20)/t14-,16-/m0/s1. The minimum absolute atomic E-state index is 0.0259. The van der Waals surface area contributed by atoms with Gasteiger partial charge >= 0.3 is 0 Å². The Morgan fingerprint density at radius 1 is 1.43 bits per heavy atom. The molecular formula is C16H25N3O2. The van der Waals surface area contributed by atoms with Crippen molar-refractivity contribution >= 4 is 5.91 Å². The number of hydrogen-bond donors (Lipinski definition) is 1. The van der Waals surface area contributed by atoms with Crippen LogP contribution in [-0.4, -0.2) is 69.2 Å². The number of amides is 1. The van der Waals surface area contributed by atoms with Gasteiger partial charge in [0.1, 0.15) is 0 Å².